The smallest absolute Gasteiger partial charge is 0.305 e. The Hall–Kier alpha value is -0.900. The lowest BCUT2D eigenvalue weighted by molar-refractivity contribution is -0.160. The molecule has 4 rings (SSSR count). The number of esters is 1. The largest absolute Gasteiger partial charge is 0.469 e. The van der Waals surface area contributed by atoms with Gasteiger partial charge in [-0.3, -0.25) is 9.59 Å². The van der Waals surface area contributed by atoms with Crippen LogP contribution in [0.25, 0.3) is 0 Å². The molecule has 0 amide bonds. The van der Waals surface area contributed by atoms with Crippen LogP contribution in [0.1, 0.15) is 85.0 Å². The van der Waals surface area contributed by atoms with Crippen molar-refractivity contribution in [3.8, 4) is 0 Å². The van der Waals surface area contributed by atoms with Gasteiger partial charge in [-0.2, -0.15) is 0 Å². The maximum absolute atomic E-state index is 13.2. The Morgan fingerprint density at radius 3 is 2.55 bits per heavy atom. The minimum absolute atomic E-state index is 0.0769. The van der Waals surface area contributed by atoms with Crippen LogP contribution in [0.4, 0.5) is 0 Å². The maximum atomic E-state index is 13.2. The fourth-order valence-corrected chi connectivity index (χ4v) is 8.64. The minimum atomic E-state index is -0.283. The van der Waals surface area contributed by atoms with Gasteiger partial charge in [-0.05, 0) is 91.8 Å². The standard InChI is InChI=1S/C25H40O4/c1-15(5-8-23(28)29-4)18-6-7-19-17-14-22(27)21-13-16(26)9-11-25(21,3)20(17)10-12-24(18,19)2/h15-21,26H,5-14H2,1-4H3/t15-,16+,17+,18-,19+,20+,21+,24-,25-/m1/s1. The number of hydrogen-bond acceptors (Lipinski definition) is 4. The van der Waals surface area contributed by atoms with Gasteiger partial charge in [0.05, 0.1) is 13.2 Å². The van der Waals surface area contributed by atoms with E-state index in [2.05, 4.69) is 20.8 Å². The van der Waals surface area contributed by atoms with Gasteiger partial charge in [0, 0.05) is 18.8 Å². The zero-order valence-electron chi connectivity index (χ0n) is 18.8. The molecular weight excluding hydrogens is 364 g/mol. The number of Topliss-reactive ketones (excluding diaryl/α,β-unsaturated/α-hetero) is 1. The number of aliphatic hydroxyl groups is 1. The summed E-state index contributed by atoms with van der Waals surface area (Å²) in [5.74, 6) is 3.37. The van der Waals surface area contributed by atoms with Gasteiger partial charge >= 0.3 is 5.97 Å². The number of ketones is 1. The highest BCUT2D eigenvalue weighted by molar-refractivity contribution is 5.83. The highest BCUT2D eigenvalue weighted by Crippen LogP contribution is 2.67. The first-order valence-electron chi connectivity index (χ1n) is 12.0. The van der Waals surface area contributed by atoms with Crippen LogP contribution in [0.15, 0.2) is 0 Å². The van der Waals surface area contributed by atoms with Crippen molar-refractivity contribution in [2.45, 2.75) is 91.1 Å². The number of carbonyl (C=O) groups excluding carboxylic acids is 2. The molecule has 0 heterocycles. The number of ether oxygens (including phenoxy) is 1. The first kappa shape index (κ1) is 21.3. The van der Waals surface area contributed by atoms with Crippen LogP contribution >= 0.6 is 0 Å². The summed E-state index contributed by atoms with van der Waals surface area (Å²) in [5, 5.41) is 10.2. The molecule has 4 saturated carbocycles. The average molecular weight is 405 g/mol. The summed E-state index contributed by atoms with van der Waals surface area (Å²) in [6.45, 7) is 7.18. The monoisotopic (exact) mass is 404 g/mol. The summed E-state index contributed by atoms with van der Waals surface area (Å²) < 4.78 is 4.85. The number of fused-ring (bicyclic) bond motifs is 5. The number of rotatable bonds is 4. The molecule has 0 aromatic rings. The molecule has 0 unspecified atom stereocenters. The molecule has 0 radical (unpaired) electrons. The molecule has 164 valence electrons. The summed E-state index contributed by atoms with van der Waals surface area (Å²) in [6, 6.07) is 0. The van der Waals surface area contributed by atoms with Gasteiger partial charge in [-0.25, -0.2) is 0 Å². The van der Waals surface area contributed by atoms with Crippen LogP contribution in [-0.2, 0) is 14.3 Å². The fraction of sp³-hybridized carbons (Fsp3) is 0.920. The molecule has 4 aliphatic rings. The van der Waals surface area contributed by atoms with Gasteiger partial charge in [0.15, 0.2) is 0 Å². The summed E-state index contributed by atoms with van der Waals surface area (Å²) in [7, 11) is 1.47. The molecule has 0 spiro atoms. The van der Waals surface area contributed by atoms with Gasteiger partial charge < -0.3 is 9.84 Å². The van der Waals surface area contributed by atoms with Crippen LogP contribution in [0.2, 0.25) is 0 Å². The van der Waals surface area contributed by atoms with Gasteiger partial charge in [0.25, 0.3) is 0 Å². The van der Waals surface area contributed by atoms with Gasteiger partial charge in [0.1, 0.15) is 5.78 Å². The lowest BCUT2D eigenvalue weighted by Gasteiger charge is -2.60. The Bertz CT molecular complexity index is 659. The first-order valence-corrected chi connectivity index (χ1v) is 12.0. The quantitative estimate of drug-likeness (QED) is 0.685. The molecule has 0 bridgehead atoms. The van der Waals surface area contributed by atoms with Crippen molar-refractivity contribution in [3.05, 3.63) is 0 Å². The Kier molecular flexibility index (Phi) is 5.63. The molecule has 4 nitrogen and oxygen atoms in total. The second-order valence-electron chi connectivity index (χ2n) is 11.4. The van der Waals surface area contributed by atoms with Gasteiger partial charge in [-0.1, -0.05) is 20.8 Å². The van der Waals surface area contributed by atoms with E-state index in [0.717, 1.165) is 25.7 Å². The summed E-state index contributed by atoms with van der Waals surface area (Å²) in [6.07, 6.45) is 9.39. The molecule has 9 atom stereocenters. The zero-order valence-corrected chi connectivity index (χ0v) is 18.8. The van der Waals surface area contributed by atoms with Crippen LogP contribution in [-0.4, -0.2) is 30.1 Å². The van der Waals surface area contributed by atoms with E-state index < -0.39 is 0 Å². The van der Waals surface area contributed by atoms with E-state index >= 15 is 0 Å². The molecule has 0 aromatic heterocycles. The number of hydrogen-bond donors (Lipinski definition) is 1. The topological polar surface area (TPSA) is 63.6 Å². The Morgan fingerprint density at radius 2 is 1.83 bits per heavy atom. The van der Waals surface area contributed by atoms with E-state index in [1.807, 2.05) is 0 Å². The van der Waals surface area contributed by atoms with Crippen molar-refractivity contribution in [1.82, 2.24) is 0 Å². The molecule has 4 aliphatic carbocycles. The van der Waals surface area contributed by atoms with E-state index in [1.54, 1.807) is 0 Å². The summed E-state index contributed by atoms with van der Waals surface area (Å²) in [4.78, 5) is 24.8. The molecular formula is C25H40O4. The highest BCUT2D eigenvalue weighted by Gasteiger charge is 2.62. The van der Waals surface area contributed by atoms with E-state index in [1.165, 1.54) is 32.8 Å². The molecule has 1 N–H and O–H groups in total. The predicted molar refractivity (Wildman–Crippen MR) is 112 cm³/mol. The normalized spacial score (nSPS) is 47.7. The van der Waals surface area contributed by atoms with Crippen LogP contribution in [0.5, 0.6) is 0 Å². The van der Waals surface area contributed by atoms with Crippen LogP contribution < -0.4 is 0 Å². The minimum Gasteiger partial charge on any atom is -0.469 e. The lowest BCUT2D eigenvalue weighted by Crippen LogP contribution is -2.57. The summed E-state index contributed by atoms with van der Waals surface area (Å²) in [5.41, 5.74) is 0.392. The lowest BCUT2D eigenvalue weighted by atomic mass is 9.44. The molecule has 0 aromatic carbocycles. The van der Waals surface area contributed by atoms with E-state index in [4.69, 9.17) is 4.74 Å². The third-order valence-corrected chi connectivity index (χ3v) is 10.2. The van der Waals surface area contributed by atoms with E-state index in [0.29, 0.717) is 53.6 Å². The number of methoxy groups -OCH3 is 1. The predicted octanol–water partition coefficient (Wildman–Crippen LogP) is 4.77. The highest BCUT2D eigenvalue weighted by atomic mass is 16.5. The van der Waals surface area contributed by atoms with Crippen molar-refractivity contribution in [3.63, 3.8) is 0 Å². The molecule has 4 heteroatoms. The third-order valence-electron chi connectivity index (χ3n) is 10.2. The molecule has 4 fully saturated rings. The zero-order chi connectivity index (χ0) is 21.0. The van der Waals surface area contributed by atoms with Crippen molar-refractivity contribution in [1.29, 1.82) is 0 Å². The molecule has 0 aliphatic heterocycles. The Morgan fingerprint density at radius 1 is 1.14 bits per heavy atom. The second kappa shape index (κ2) is 7.66. The SMILES string of the molecule is COC(=O)CC[C@@H](C)[C@H]1CC[C@H]2[C@@H]3CC(=O)[C@@H]4C[C@@H](O)CC[C@]4(C)[C@H]3CC[C@]12C. The van der Waals surface area contributed by atoms with Crippen molar-refractivity contribution >= 4 is 11.8 Å². The fourth-order valence-electron chi connectivity index (χ4n) is 8.64. The Labute approximate surface area is 176 Å². The first-order chi connectivity index (χ1) is 13.7. The number of aliphatic hydroxyl groups excluding tert-OH is 1. The van der Waals surface area contributed by atoms with Crippen molar-refractivity contribution < 1.29 is 19.4 Å². The van der Waals surface area contributed by atoms with Crippen molar-refractivity contribution in [2.24, 2.45) is 46.3 Å². The Balaban J connectivity index is 1.52. The number of carbonyl (C=O) groups is 2. The average Bonchev–Trinajstić information content (AvgIpc) is 3.05. The third kappa shape index (κ3) is 3.38. The van der Waals surface area contributed by atoms with Crippen molar-refractivity contribution in [2.75, 3.05) is 7.11 Å². The second-order valence-corrected chi connectivity index (χ2v) is 11.4. The molecule has 0 saturated heterocycles. The van der Waals surface area contributed by atoms with E-state index in [9.17, 15) is 14.7 Å². The van der Waals surface area contributed by atoms with Gasteiger partial charge in [-0.15, -0.1) is 0 Å². The molecule has 29 heavy (non-hydrogen) atoms. The summed E-state index contributed by atoms with van der Waals surface area (Å²) >= 11 is 0. The van der Waals surface area contributed by atoms with Crippen LogP contribution in [0, 0.1) is 46.3 Å². The van der Waals surface area contributed by atoms with E-state index in [-0.39, 0.29) is 23.4 Å². The van der Waals surface area contributed by atoms with Crippen LogP contribution in [0.3, 0.4) is 0 Å². The maximum Gasteiger partial charge on any atom is 0.305 e. The van der Waals surface area contributed by atoms with Gasteiger partial charge in [0.2, 0.25) is 0 Å².